The highest BCUT2D eigenvalue weighted by Crippen LogP contribution is 2.42. The van der Waals surface area contributed by atoms with Crippen molar-refractivity contribution in [2.45, 2.75) is 44.1 Å². The zero-order valence-corrected chi connectivity index (χ0v) is 12.2. The molecular weight excluding hydrogens is 256 g/mol. The van der Waals surface area contributed by atoms with Gasteiger partial charge in [-0.25, -0.2) is 0 Å². The average Bonchev–Trinajstić information content (AvgIpc) is 3.19. The molecule has 0 heterocycles. The highest BCUT2D eigenvalue weighted by atomic mass is 35.5. The number of rotatable bonds is 3. The molecule has 2 heteroatoms. The molecule has 2 unspecified atom stereocenters. The van der Waals surface area contributed by atoms with Crippen molar-refractivity contribution in [2.24, 2.45) is 0 Å². The van der Waals surface area contributed by atoms with Crippen LogP contribution in [0.3, 0.4) is 0 Å². The summed E-state index contributed by atoms with van der Waals surface area (Å²) in [5.74, 6) is 1.68. The molecular formula is C17H19ClO. The fourth-order valence-corrected chi connectivity index (χ4v) is 2.88. The van der Waals surface area contributed by atoms with E-state index in [9.17, 15) is 0 Å². The number of allylic oxidation sites excluding steroid dienone is 2. The van der Waals surface area contributed by atoms with E-state index < -0.39 is 0 Å². The fraction of sp³-hybridized carbons (Fsp3) is 0.412. The molecule has 100 valence electrons. The van der Waals surface area contributed by atoms with E-state index >= 15 is 0 Å². The van der Waals surface area contributed by atoms with Gasteiger partial charge >= 0.3 is 0 Å². The second kappa shape index (κ2) is 5.05. The van der Waals surface area contributed by atoms with Crippen LogP contribution in [0.5, 0.6) is 5.75 Å². The number of benzene rings is 1. The molecule has 1 fully saturated rings. The molecule has 0 spiro atoms. The summed E-state index contributed by atoms with van der Waals surface area (Å²) in [6, 6.07) is 6.39. The largest absolute Gasteiger partial charge is 0.484 e. The molecule has 0 saturated heterocycles. The lowest BCUT2D eigenvalue weighted by Crippen LogP contribution is -2.26. The van der Waals surface area contributed by atoms with Gasteiger partial charge in [-0.05, 0) is 61.9 Å². The Morgan fingerprint density at radius 1 is 1.21 bits per heavy atom. The first-order chi connectivity index (χ1) is 9.13. The maximum absolute atomic E-state index is 6.32. The van der Waals surface area contributed by atoms with Gasteiger partial charge in [0.2, 0.25) is 0 Å². The normalized spacial score (nSPS) is 26.2. The summed E-state index contributed by atoms with van der Waals surface area (Å²) in [6.07, 6.45) is 8.72. The third-order valence-electron chi connectivity index (χ3n) is 3.82. The van der Waals surface area contributed by atoms with Gasteiger partial charge < -0.3 is 4.74 Å². The van der Waals surface area contributed by atoms with Crippen molar-refractivity contribution >= 4 is 11.6 Å². The molecule has 0 bridgehead atoms. The van der Waals surface area contributed by atoms with Gasteiger partial charge in [-0.3, -0.25) is 0 Å². The van der Waals surface area contributed by atoms with Crippen molar-refractivity contribution in [3.8, 4) is 5.75 Å². The fourth-order valence-electron chi connectivity index (χ4n) is 2.54. The monoisotopic (exact) mass is 274 g/mol. The third kappa shape index (κ3) is 2.87. The SMILES string of the molecule is CC1=CC(Cl)C(Oc2ccc(C)c(C3CC3)c2)C=C1. The van der Waals surface area contributed by atoms with E-state index in [2.05, 4.69) is 32.1 Å². The molecule has 2 aliphatic rings. The lowest BCUT2D eigenvalue weighted by Gasteiger charge is -2.22. The number of ether oxygens (including phenoxy) is 1. The van der Waals surface area contributed by atoms with Crippen molar-refractivity contribution in [3.05, 3.63) is 53.1 Å². The highest BCUT2D eigenvalue weighted by Gasteiger charge is 2.26. The first-order valence-electron chi connectivity index (χ1n) is 6.91. The average molecular weight is 275 g/mol. The Morgan fingerprint density at radius 3 is 2.68 bits per heavy atom. The minimum atomic E-state index is -0.0873. The number of hydrogen-bond donors (Lipinski definition) is 0. The maximum atomic E-state index is 6.32. The molecule has 0 radical (unpaired) electrons. The molecule has 0 amide bonds. The van der Waals surface area contributed by atoms with Crippen molar-refractivity contribution < 1.29 is 4.74 Å². The molecule has 1 saturated carbocycles. The number of hydrogen-bond acceptors (Lipinski definition) is 1. The summed E-state index contributed by atoms with van der Waals surface area (Å²) >= 11 is 6.32. The molecule has 2 aliphatic carbocycles. The van der Waals surface area contributed by atoms with Gasteiger partial charge in [-0.2, -0.15) is 0 Å². The van der Waals surface area contributed by atoms with Crippen LogP contribution in [0, 0.1) is 6.92 Å². The summed E-state index contributed by atoms with van der Waals surface area (Å²) in [5.41, 5.74) is 4.00. The molecule has 0 N–H and O–H groups in total. The van der Waals surface area contributed by atoms with E-state index in [0.29, 0.717) is 0 Å². The van der Waals surface area contributed by atoms with Crippen LogP contribution in [0.2, 0.25) is 0 Å². The summed E-state index contributed by atoms with van der Waals surface area (Å²) < 4.78 is 6.03. The van der Waals surface area contributed by atoms with Gasteiger partial charge in [0.1, 0.15) is 11.9 Å². The van der Waals surface area contributed by atoms with Crippen LogP contribution in [0.4, 0.5) is 0 Å². The van der Waals surface area contributed by atoms with Gasteiger partial charge in [0, 0.05) is 0 Å². The topological polar surface area (TPSA) is 9.23 Å². The Kier molecular flexibility index (Phi) is 3.40. The van der Waals surface area contributed by atoms with E-state index in [1.807, 2.05) is 18.2 Å². The number of alkyl halides is 1. The molecule has 1 nitrogen and oxygen atoms in total. The Balaban J connectivity index is 1.77. The van der Waals surface area contributed by atoms with Crippen LogP contribution in [0.1, 0.15) is 36.8 Å². The van der Waals surface area contributed by atoms with Crippen molar-refractivity contribution in [2.75, 3.05) is 0 Å². The van der Waals surface area contributed by atoms with E-state index in [1.165, 1.54) is 29.5 Å². The van der Waals surface area contributed by atoms with Gasteiger partial charge in [0.25, 0.3) is 0 Å². The molecule has 0 aromatic heterocycles. The molecule has 19 heavy (non-hydrogen) atoms. The third-order valence-corrected chi connectivity index (χ3v) is 4.20. The Labute approximate surface area is 119 Å². The summed E-state index contributed by atoms with van der Waals surface area (Å²) in [4.78, 5) is 0. The Morgan fingerprint density at radius 2 is 2.00 bits per heavy atom. The molecule has 2 atom stereocenters. The van der Waals surface area contributed by atoms with Gasteiger partial charge in [-0.1, -0.05) is 23.8 Å². The zero-order valence-electron chi connectivity index (χ0n) is 11.4. The van der Waals surface area contributed by atoms with E-state index in [-0.39, 0.29) is 11.5 Å². The van der Waals surface area contributed by atoms with Crippen LogP contribution in [-0.2, 0) is 0 Å². The van der Waals surface area contributed by atoms with Gasteiger partial charge in [0.05, 0.1) is 5.38 Å². The standard InChI is InChI=1S/C17H19ClO/c1-11-3-8-17(16(18)9-11)19-14-7-4-12(2)15(10-14)13-5-6-13/h3-4,7-10,13,16-17H,5-6H2,1-2H3. The summed E-state index contributed by atoms with van der Waals surface area (Å²) in [6.45, 7) is 4.23. The van der Waals surface area contributed by atoms with Crippen LogP contribution in [0.15, 0.2) is 42.0 Å². The first kappa shape index (κ1) is 12.8. The molecule has 1 aromatic rings. The Hall–Kier alpha value is -1.21. The predicted octanol–water partition coefficient (Wildman–Crippen LogP) is 4.74. The molecule has 3 rings (SSSR count). The highest BCUT2D eigenvalue weighted by molar-refractivity contribution is 6.22. The van der Waals surface area contributed by atoms with E-state index in [4.69, 9.17) is 16.3 Å². The summed E-state index contributed by atoms with van der Waals surface area (Å²) in [7, 11) is 0. The second-order valence-electron chi connectivity index (χ2n) is 5.59. The van der Waals surface area contributed by atoms with Gasteiger partial charge in [-0.15, -0.1) is 11.6 Å². The van der Waals surface area contributed by atoms with Crippen LogP contribution in [0.25, 0.3) is 0 Å². The lowest BCUT2D eigenvalue weighted by molar-refractivity contribution is 0.254. The first-order valence-corrected chi connectivity index (χ1v) is 7.35. The number of aryl methyl sites for hydroxylation is 1. The molecule has 0 aliphatic heterocycles. The van der Waals surface area contributed by atoms with Crippen molar-refractivity contribution in [1.29, 1.82) is 0 Å². The minimum Gasteiger partial charge on any atom is -0.484 e. The van der Waals surface area contributed by atoms with Crippen LogP contribution in [-0.4, -0.2) is 11.5 Å². The smallest absolute Gasteiger partial charge is 0.137 e. The van der Waals surface area contributed by atoms with Crippen LogP contribution < -0.4 is 4.74 Å². The summed E-state index contributed by atoms with van der Waals surface area (Å²) in [5, 5.41) is -0.0873. The Bertz CT molecular complexity index is 540. The predicted molar refractivity (Wildman–Crippen MR) is 80.1 cm³/mol. The van der Waals surface area contributed by atoms with Crippen molar-refractivity contribution in [1.82, 2.24) is 0 Å². The quantitative estimate of drug-likeness (QED) is 0.723. The molecule has 1 aromatic carbocycles. The van der Waals surface area contributed by atoms with Crippen LogP contribution >= 0.6 is 11.6 Å². The van der Waals surface area contributed by atoms with Crippen molar-refractivity contribution in [3.63, 3.8) is 0 Å². The van der Waals surface area contributed by atoms with E-state index in [0.717, 1.165) is 11.7 Å². The van der Waals surface area contributed by atoms with E-state index in [1.54, 1.807) is 0 Å². The number of halogens is 1. The van der Waals surface area contributed by atoms with Gasteiger partial charge in [0.15, 0.2) is 0 Å². The maximum Gasteiger partial charge on any atom is 0.137 e. The second-order valence-corrected chi connectivity index (χ2v) is 6.09. The lowest BCUT2D eigenvalue weighted by atomic mass is 10.0. The minimum absolute atomic E-state index is 0.0693. The zero-order chi connectivity index (χ0) is 13.4.